The minimum atomic E-state index is -4.92. The molecule has 0 amide bonds. The Morgan fingerprint density at radius 3 is 1.88 bits per heavy atom. The van der Waals surface area contributed by atoms with Gasteiger partial charge in [-0.05, 0) is 73.1 Å². The van der Waals surface area contributed by atoms with Gasteiger partial charge in [-0.25, -0.2) is 4.39 Å². The van der Waals surface area contributed by atoms with Crippen LogP contribution in [-0.4, -0.2) is 6.10 Å². The molecule has 188 valence electrons. The second kappa shape index (κ2) is 10.3. The minimum absolute atomic E-state index is 0.122. The number of benzene rings is 2. The average Bonchev–Trinajstić information content (AvgIpc) is 2.77. The van der Waals surface area contributed by atoms with Crippen molar-refractivity contribution in [3.63, 3.8) is 0 Å². The van der Waals surface area contributed by atoms with Crippen molar-refractivity contribution in [3.8, 4) is 0 Å². The maximum Gasteiger partial charge on any atom is 0.416 e. The highest BCUT2D eigenvalue weighted by molar-refractivity contribution is 5.35. The van der Waals surface area contributed by atoms with Crippen LogP contribution in [0.25, 0.3) is 0 Å². The van der Waals surface area contributed by atoms with Gasteiger partial charge in [0, 0.05) is 5.92 Å². The zero-order valence-corrected chi connectivity index (χ0v) is 19.3. The SMILES string of the molecule is CC[C@H]1CC[C@H](O[C@H](C)c2cc(C(F)(F)F)cc(C(F)(F)F)c2)[C@@H](c2ccc(F)cc2)[C@@H]1CC. The number of hydrogen-bond donors (Lipinski definition) is 0. The largest absolute Gasteiger partial charge is 0.416 e. The minimum Gasteiger partial charge on any atom is -0.370 e. The van der Waals surface area contributed by atoms with Gasteiger partial charge < -0.3 is 4.74 Å². The van der Waals surface area contributed by atoms with Gasteiger partial charge in [-0.3, -0.25) is 0 Å². The van der Waals surface area contributed by atoms with E-state index in [1.165, 1.54) is 19.1 Å². The molecular weight excluding hydrogens is 461 g/mol. The molecule has 1 saturated carbocycles. The Balaban J connectivity index is 1.97. The van der Waals surface area contributed by atoms with E-state index in [1.807, 2.05) is 0 Å². The van der Waals surface area contributed by atoms with E-state index in [2.05, 4.69) is 13.8 Å². The van der Waals surface area contributed by atoms with Crippen LogP contribution in [-0.2, 0) is 17.1 Å². The molecule has 1 fully saturated rings. The van der Waals surface area contributed by atoms with Crippen molar-refractivity contribution in [2.24, 2.45) is 11.8 Å². The molecule has 5 atom stereocenters. The Kier molecular flexibility index (Phi) is 8.00. The number of alkyl halides is 6. The maximum atomic E-state index is 13.6. The van der Waals surface area contributed by atoms with Crippen molar-refractivity contribution in [3.05, 3.63) is 70.5 Å². The molecule has 2 aromatic rings. The topological polar surface area (TPSA) is 9.23 Å². The Hall–Kier alpha value is -2.09. The molecule has 0 aliphatic heterocycles. The first-order chi connectivity index (χ1) is 15.8. The van der Waals surface area contributed by atoms with Crippen molar-refractivity contribution in [1.29, 1.82) is 0 Å². The summed E-state index contributed by atoms with van der Waals surface area (Å²) in [7, 11) is 0. The molecule has 0 radical (unpaired) electrons. The lowest BCUT2D eigenvalue weighted by Crippen LogP contribution is -2.38. The van der Waals surface area contributed by atoms with Gasteiger partial charge in [0.1, 0.15) is 5.82 Å². The third kappa shape index (κ3) is 5.93. The fourth-order valence-corrected chi connectivity index (χ4v) is 5.29. The van der Waals surface area contributed by atoms with Gasteiger partial charge in [0.05, 0.1) is 23.3 Å². The van der Waals surface area contributed by atoms with E-state index >= 15 is 0 Å². The predicted octanol–water partition coefficient (Wildman–Crippen LogP) is 8.94. The summed E-state index contributed by atoms with van der Waals surface area (Å²) in [6, 6.07) is 7.67. The van der Waals surface area contributed by atoms with Crippen LogP contribution in [0, 0.1) is 17.7 Å². The summed E-state index contributed by atoms with van der Waals surface area (Å²) in [5.41, 5.74) is -2.03. The molecule has 1 aliphatic rings. The van der Waals surface area contributed by atoms with E-state index in [9.17, 15) is 30.7 Å². The molecule has 34 heavy (non-hydrogen) atoms. The summed E-state index contributed by atoms with van der Waals surface area (Å²) in [6.07, 6.45) is -8.01. The lowest BCUT2D eigenvalue weighted by atomic mass is 9.66. The van der Waals surface area contributed by atoms with E-state index < -0.39 is 35.7 Å². The third-order valence-corrected chi connectivity index (χ3v) is 7.00. The van der Waals surface area contributed by atoms with Crippen molar-refractivity contribution in [2.75, 3.05) is 0 Å². The Labute approximate surface area is 195 Å². The quantitative estimate of drug-likeness (QED) is 0.367. The maximum absolute atomic E-state index is 13.6. The Morgan fingerprint density at radius 1 is 0.853 bits per heavy atom. The Bertz CT molecular complexity index is 917. The highest BCUT2D eigenvalue weighted by Crippen LogP contribution is 2.47. The van der Waals surface area contributed by atoms with Crippen LogP contribution >= 0.6 is 0 Å². The molecule has 1 aliphatic carbocycles. The summed E-state index contributed by atoms with van der Waals surface area (Å²) in [5.74, 6) is 0.0861. The van der Waals surface area contributed by atoms with E-state index in [4.69, 9.17) is 4.74 Å². The van der Waals surface area contributed by atoms with E-state index in [0.29, 0.717) is 12.3 Å². The number of hydrogen-bond acceptors (Lipinski definition) is 1. The normalized spacial score (nSPS) is 24.8. The van der Waals surface area contributed by atoms with E-state index in [0.717, 1.165) is 37.0 Å². The van der Waals surface area contributed by atoms with Gasteiger partial charge in [-0.2, -0.15) is 26.3 Å². The molecule has 0 aromatic heterocycles. The summed E-state index contributed by atoms with van der Waals surface area (Å²) in [6.45, 7) is 5.63. The molecule has 0 unspecified atom stereocenters. The smallest absolute Gasteiger partial charge is 0.370 e. The van der Waals surface area contributed by atoms with Gasteiger partial charge in [0.2, 0.25) is 0 Å². The molecule has 0 heterocycles. The standard InChI is InChI=1S/C26H29F7O/c1-4-16-8-11-23(24(22(16)5-2)17-6-9-21(27)10-7-17)34-15(3)18-12-19(25(28,29)30)14-20(13-18)26(31,32)33/h6-7,9-10,12-16,22-24H,4-5,8,11H2,1-3H3/t15-,16+,22-,23+,24+/m1/s1. The molecule has 3 rings (SSSR count). The Morgan fingerprint density at radius 2 is 1.41 bits per heavy atom. The molecule has 1 nitrogen and oxygen atoms in total. The summed E-state index contributed by atoms with van der Waals surface area (Å²) >= 11 is 0. The molecular formula is C26H29F7O. The molecule has 0 bridgehead atoms. The van der Waals surface area contributed by atoms with Crippen LogP contribution in [0.5, 0.6) is 0 Å². The van der Waals surface area contributed by atoms with Crippen LogP contribution in [0.2, 0.25) is 0 Å². The van der Waals surface area contributed by atoms with Crippen LogP contribution in [0.1, 0.15) is 80.7 Å². The highest BCUT2D eigenvalue weighted by atomic mass is 19.4. The third-order valence-electron chi connectivity index (χ3n) is 7.00. The van der Waals surface area contributed by atoms with Gasteiger partial charge >= 0.3 is 12.4 Å². The van der Waals surface area contributed by atoms with Crippen molar-refractivity contribution < 1.29 is 35.5 Å². The molecule has 0 spiro atoms. The molecule has 0 N–H and O–H groups in total. The van der Waals surface area contributed by atoms with Crippen LogP contribution < -0.4 is 0 Å². The lowest BCUT2D eigenvalue weighted by Gasteiger charge is -2.44. The second-order valence-corrected chi connectivity index (χ2v) is 9.05. The van der Waals surface area contributed by atoms with Crippen molar-refractivity contribution in [1.82, 2.24) is 0 Å². The average molecular weight is 491 g/mol. The predicted molar refractivity (Wildman–Crippen MR) is 116 cm³/mol. The van der Waals surface area contributed by atoms with E-state index in [-0.39, 0.29) is 29.3 Å². The van der Waals surface area contributed by atoms with Crippen LogP contribution in [0.15, 0.2) is 42.5 Å². The first kappa shape index (κ1) is 26.5. The fraction of sp³-hybridized carbons (Fsp3) is 0.538. The van der Waals surface area contributed by atoms with Gasteiger partial charge in [0.25, 0.3) is 0 Å². The first-order valence-corrected chi connectivity index (χ1v) is 11.5. The lowest BCUT2D eigenvalue weighted by molar-refractivity contribution is -0.143. The molecule has 8 heteroatoms. The highest BCUT2D eigenvalue weighted by Gasteiger charge is 2.41. The summed E-state index contributed by atoms with van der Waals surface area (Å²) < 4.78 is 99.7. The van der Waals surface area contributed by atoms with E-state index in [1.54, 1.807) is 12.1 Å². The summed E-state index contributed by atoms with van der Waals surface area (Å²) in [4.78, 5) is 0. The second-order valence-electron chi connectivity index (χ2n) is 9.05. The van der Waals surface area contributed by atoms with Crippen LogP contribution in [0.3, 0.4) is 0 Å². The molecule has 2 aromatic carbocycles. The fourth-order valence-electron chi connectivity index (χ4n) is 5.29. The van der Waals surface area contributed by atoms with Crippen LogP contribution in [0.4, 0.5) is 30.7 Å². The van der Waals surface area contributed by atoms with Crippen molar-refractivity contribution >= 4 is 0 Å². The number of halogens is 7. The van der Waals surface area contributed by atoms with Gasteiger partial charge in [0.15, 0.2) is 0 Å². The zero-order valence-electron chi connectivity index (χ0n) is 19.3. The van der Waals surface area contributed by atoms with Crippen molar-refractivity contribution in [2.45, 2.75) is 76.9 Å². The zero-order chi connectivity index (χ0) is 25.3. The number of rotatable bonds is 6. The van der Waals surface area contributed by atoms with Gasteiger partial charge in [-0.15, -0.1) is 0 Å². The molecule has 0 saturated heterocycles. The number of ether oxygens (including phenoxy) is 1. The first-order valence-electron chi connectivity index (χ1n) is 11.5. The van der Waals surface area contributed by atoms with Gasteiger partial charge in [-0.1, -0.05) is 38.8 Å². The summed E-state index contributed by atoms with van der Waals surface area (Å²) in [5, 5.41) is 0. The monoisotopic (exact) mass is 490 g/mol.